The largest absolute Gasteiger partial charge is 0.368 e. The van der Waals surface area contributed by atoms with E-state index in [9.17, 15) is 4.79 Å². The zero-order valence-electron chi connectivity index (χ0n) is 10.8. The van der Waals surface area contributed by atoms with Crippen molar-refractivity contribution in [3.63, 3.8) is 0 Å². The summed E-state index contributed by atoms with van der Waals surface area (Å²) in [4.78, 5) is 11.6. The van der Waals surface area contributed by atoms with Gasteiger partial charge >= 0.3 is 0 Å². The van der Waals surface area contributed by atoms with Crippen molar-refractivity contribution in [1.29, 1.82) is 0 Å². The molecule has 98 valence electrons. The molecule has 0 aliphatic heterocycles. The summed E-state index contributed by atoms with van der Waals surface area (Å²) in [6.07, 6.45) is 5.98. The first-order valence-electron chi connectivity index (χ1n) is 6.84. The van der Waals surface area contributed by atoms with Crippen LogP contribution in [0, 0.1) is 5.92 Å². The Kier molecular flexibility index (Phi) is 4.76. The molecule has 1 aromatic carbocycles. The second-order valence-electron chi connectivity index (χ2n) is 5.14. The van der Waals surface area contributed by atoms with Gasteiger partial charge in [-0.3, -0.25) is 4.79 Å². The fourth-order valence-corrected chi connectivity index (χ4v) is 2.79. The molecule has 3 heteroatoms. The first-order valence-corrected chi connectivity index (χ1v) is 6.84. The number of nitrogens with two attached hydrogens (primary N) is 1. The predicted molar refractivity (Wildman–Crippen MR) is 72.8 cm³/mol. The number of benzene rings is 1. The summed E-state index contributed by atoms with van der Waals surface area (Å²) < 4.78 is 0. The molecular weight excluding hydrogens is 224 g/mol. The number of hydrogen-bond donors (Lipinski definition) is 2. The van der Waals surface area contributed by atoms with Crippen LogP contribution in [0.1, 0.15) is 37.7 Å². The minimum absolute atomic E-state index is 0.175. The molecule has 3 N–H and O–H groups in total. The van der Waals surface area contributed by atoms with Crippen molar-refractivity contribution >= 4 is 5.91 Å². The third-order valence-corrected chi connectivity index (χ3v) is 3.80. The second-order valence-corrected chi connectivity index (χ2v) is 5.14. The fourth-order valence-electron chi connectivity index (χ4n) is 2.79. The standard InChI is InChI=1S/C15H22N2O/c16-15(18)14(13-9-5-2-6-10-13)17-11-12-7-3-1-4-8-12/h1,3-4,7-8,13-14,17H,2,5-6,9-11H2,(H2,16,18). The Bertz CT molecular complexity index is 371. The lowest BCUT2D eigenvalue weighted by Crippen LogP contribution is -2.46. The number of hydrogen-bond acceptors (Lipinski definition) is 2. The van der Waals surface area contributed by atoms with Gasteiger partial charge in [-0.15, -0.1) is 0 Å². The number of carbonyl (C=O) groups is 1. The average molecular weight is 246 g/mol. The van der Waals surface area contributed by atoms with Gasteiger partial charge in [-0.2, -0.15) is 0 Å². The van der Waals surface area contributed by atoms with Crippen molar-refractivity contribution in [1.82, 2.24) is 5.32 Å². The first kappa shape index (κ1) is 13.1. The van der Waals surface area contributed by atoms with Crippen LogP contribution in [0.25, 0.3) is 0 Å². The van der Waals surface area contributed by atoms with E-state index in [-0.39, 0.29) is 11.9 Å². The molecule has 0 aromatic heterocycles. The predicted octanol–water partition coefficient (Wildman–Crippen LogP) is 2.21. The van der Waals surface area contributed by atoms with E-state index in [2.05, 4.69) is 17.4 Å². The quantitative estimate of drug-likeness (QED) is 0.837. The van der Waals surface area contributed by atoms with Gasteiger partial charge in [0.1, 0.15) is 0 Å². The van der Waals surface area contributed by atoms with Gasteiger partial charge in [0.05, 0.1) is 6.04 Å². The van der Waals surface area contributed by atoms with Crippen molar-refractivity contribution in [3.05, 3.63) is 35.9 Å². The molecule has 0 spiro atoms. The molecular formula is C15H22N2O. The SMILES string of the molecule is NC(=O)C(NCc1ccccc1)C1CCCCC1. The highest BCUT2D eigenvalue weighted by molar-refractivity contribution is 5.80. The van der Waals surface area contributed by atoms with Crippen LogP contribution in [0.4, 0.5) is 0 Å². The summed E-state index contributed by atoms with van der Waals surface area (Å²) >= 11 is 0. The van der Waals surface area contributed by atoms with E-state index in [1.807, 2.05) is 18.2 Å². The van der Waals surface area contributed by atoms with Crippen molar-refractivity contribution < 1.29 is 4.79 Å². The Balaban J connectivity index is 1.92. The van der Waals surface area contributed by atoms with E-state index in [0.29, 0.717) is 12.5 Å². The average Bonchev–Trinajstić information content (AvgIpc) is 2.41. The third-order valence-electron chi connectivity index (χ3n) is 3.80. The maximum absolute atomic E-state index is 11.6. The van der Waals surface area contributed by atoms with Crippen LogP contribution in [-0.4, -0.2) is 11.9 Å². The summed E-state index contributed by atoms with van der Waals surface area (Å²) in [6.45, 7) is 0.713. The number of primary amides is 1. The van der Waals surface area contributed by atoms with E-state index < -0.39 is 0 Å². The number of carbonyl (C=O) groups excluding carboxylic acids is 1. The topological polar surface area (TPSA) is 55.1 Å². The van der Waals surface area contributed by atoms with E-state index >= 15 is 0 Å². The maximum Gasteiger partial charge on any atom is 0.234 e. The normalized spacial score (nSPS) is 18.4. The van der Waals surface area contributed by atoms with Gasteiger partial charge in [-0.1, -0.05) is 49.6 Å². The van der Waals surface area contributed by atoms with Gasteiger partial charge in [0, 0.05) is 6.54 Å². The molecule has 0 heterocycles. The number of nitrogens with one attached hydrogen (secondary N) is 1. The van der Waals surface area contributed by atoms with Crippen LogP contribution >= 0.6 is 0 Å². The molecule has 1 aromatic rings. The van der Waals surface area contributed by atoms with Crippen LogP contribution in [0.2, 0.25) is 0 Å². The lowest BCUT2D eigenvalue weighted by molar-refractivity contribution is -0.121. The van der Waals surface area contributed by atoms with Gasteiger partial charge in [0.15, 0.2) is 0 Å². The minimum Gasteiger partial charge on any atom is -0.368 e. The third kappa shape index (κ3) is 3.57. The minimum atomic E-state index is -0.210. The molecule has 3 nitrogen and oxygen atoms in total. The summed E-state index contributed by atoms with van der Waals surface area (Å²) in [7, 11) is 0. The number of rotatable bonds is 5. The highest BCUT2D eigenvalue weighted by Gasteiger charge is 2.27. The molecule has 1 aliphatic carbocycles. The highest BCUT2D eigenvalue weighted by atomic mass is 16.1. The van der Waals surface area contributed by atoms with E-state index in [0.717, 1.165) is 12.8 Å². The lowest BCUT2D eigenvalue weighted by Gasteiger charge is -2.28. The van der Waals surface area contributed by atoms with Gasteiger partial charge in [0.2, 0.25) is 5.91 Å². The molecule has 1 unspecified atom stereocenters. The summed E-state index contributed by atoms with van der Waals surface area (Å²) in [5, 5.41) is 3.33. The van der Waals surface area contributed by atoms with E-state index in [1.165, 1.54) is 24.8 Å². The van der Waals surface area contributed by atoms with Gasteiger partial charge in [-0.25, -0.2) is 0 Å². The molecule has 1 atom stereocenters. The van der Waals surface area contributed by atoms with Gasteiger partial charge in [-0.05, 0) is 24.3 Å². The van der Waals surface area contributed by atoms with Gasteiger partial charge in [0.25, 0.3) is 0 Å². The summed E-state index contributed by atoms with van der Waals surface area (Å²) in [6, 6.07) is 9.97. The van der Waals surface area contributed by atoms with Crippen molar-refractivity contribution in [2.45, 2.75) is 44.7 Å². The maximum atomic E-state index is 11.6. The monoisotopic (exact) mass is 246 g/mol. The Labute approximate surface area is 109 Å². The van der Waals surface area contributed by atoms with Crippen LogP contribution in [0.5, 0.6) is 0 Å². The Morgan fingerprint density at radius 1 is 1.22 bits per heavy atom. The zero-order chi connectivity index (χ0) is 12.8. The van der Waals surface area contributed by atoms with Crippen molar-refractivity contribution in [2.24, 2.45) is 11.7 Å². The molecule has 0 saturated heterocycles. The summed E-state index contributed by atoms with van der Waals surface area (Å²) in [5.41, 5.74) is 6.72. The molecule has 1 amide bonds. The van der Waals surface area contributed by atoms with E-state index in [1.54, 1.807) is 0 Å². The summed E-state index contributed by atoms with van der Waals surface area (Å²) in [5.74, 6) is 0.206. The number of amides is 1. The molecule has 18 heavy (non-hydrogen) atoms. The molecule has 1 aliphatic rings. The Morgan fingerprint density at radius 3 is 2.50 bits per heavy atom. The van der Waals surface area contributed by atoms with Crippen LogP contribution in [-0.2, 0) is 11.3 Å². The van der Waals surface area contributed by atoms with E-state index in [4.69, 9.17) is 5.73 Å². The molecule has 0 radical (unpaired) electrons. The van der Waals surface area contributed by atoms with Crippen LogP contribution in [0.3, 0.4) is 0 Å². The lowest BCUT2D eigenvalue weighted by atomic mass is 9.83. The second kappa shape index (κ2) is 6.55. The highest BCUT2D eigenvalue weighted by Crippen LogP contribution is 2.26. The smallest absolute Gasteiger partial charge is 0.234 e. The van der Waals surface area contributed by atoms with Crippen molar-refractivity contribution in [3.8, 4) is 0 Å². The molecule has 1 saturated carbocycles. The van der Waals surface area contributed by atoms with Crippen LogP contribution < -0.4 is 11.1 Å². The van der Waals surface area contributed by atoms with Gasteiger partial charge < -0.3 is 11.1 Å². The van der Waals surface area contributed by atoms with Crippen molar-refractivity contribution in [2.75, 3.05) is 0 Å². The first-order chi connectivity index (χ1) is 8.77. The zero-order valence-corrected chi connectivity index (χ0v) is 10.8. The molecule has 2 rings (SSSR count). The molecule has 0 bridgehead atoms. The Morgan fingerprint density at radius 2 is 1.89 bits per heavy atom. The van der Waals surface area contributed by atoms with Crippen LogP contribution in [0.15, 0.2) is 30.3 Å². The Hall–Kier alpha value is -1.35. The molecule has 1 fully saturated rings. The fraction of sp³-hybridized carbons (Fsp3) is 0.533.